The molecule has 0 aliphatic rings. The smallest absolute Gasteiger partial charge is 0.330 e. The van der Waals surface area contributed by atoms with Crippen LogP contribution in [0.3, 0.4) is 0 Å². The van der Waals surface area contributed by atoms with Gasteiger partial charge >= 0.3 is 5.97 Å². The lowest BCUT2D eigenvalue weighted by Gasteiger charge is -2.23. The summed E-state index contributed by atoms with van der Waals surface area (Å²) in [6.45, 7) is 5.55. The van der Waals surface area contributed by atoms with Crippen LogP contribution in [0.2, 0.25) is 0 Å². The van der Waals surface area contributed by atoms with Crippen LogP contribution < -0.4 is 10.6 Å². The third kappa shape index (κ3) is 17.2. The van der Waals surface area contributed by atoms with E-state index in [1.54, 1.807) is 6.92 Å². The molecule has 0 fully saturated rings. The van der Waals surface area contributed by atoms with Crippen molar-refractivity contribution in [3.63, 3.8) is 0 Å². The first-order valence-corrected chi connectivity index (χ1v) is 11.2. The number of esters is 1. The highest BCUT2D eigenvalue weighted by molar-refractivity contribution is 5.84. The lowest BCUT2D eigenvalue weighted by Crippen LogP contribution is -2.41. The van der Waals surface area contributed by atoms with Gasteiger partial charge in [0.25, 0.3) is 0 Å². The molecule has 0 aromatic carbocycles. The first-order valence-electron chi connectivity index (χ1n) is 11.2. The van der Waals surface area contributed by atoms with Gasteiger partial charge < -0.3 is 44.3 Å². The minimum Gasteiger partial charge on any atom is -0.437 e. The Morgan fingerprint density at radius 1 is 0.824 bits per heavy atom. The summed E-state index contributed by atoms with van der Waals surface area (Å²) in [7, 11) is 1.48. The Balaban J connectivity index is 3.44. The van der Waals surface area contributed by atoms with Crippen LogP contribution in [0.15, 0.2) is 0 Å². The van der Waals surface area contributed by atoms with Crippen LogP contribution in [0.1, 0.15) is 26.7 Å². The monoisotopic (exact) mass is 493 g/mol. The molecule has 1 unspecified atom stereocenters. The van der Waals surface area contributed by atoms with Gasteiger partial charge in [0.15, 0.2) is 6.79 Å². The first kappa shape index (κ1) is 31.7. The summed E-state index contributed by atoms with van der Waals surface area (Å²) in [4.78, 5) is 47.2. The van der Waals surface area contributed by atoms with Crippen molar-refractivity contribution in [2.24, 2.45) is 0 Å². The Bertz CT molecular complexity index is 591. The van der Waals surface area contributed by atoms with Crippen molar-refractivity contribution < 1.29 is 48.0 Å². The molecule has 0 aromatic heterocycles. The number of ether oxygens (including phenoxy) is 5. The third-order valence-corrected chi connectivity index (χ3v) is 4.43. The van der Waals surface area contributed by atoms with Gasteiger partial charge in [0.05, 0.1) is 65.8 Å². The van der Waals surface area contributed by atoms with E-state index in [9.17, 15) is 19.2 Å². The molecule has 0 heterocycles. The van der Waals surface area contributed by atoms with E-state index < -0.39 is 18.8 Å². The van der Waals surface area contributed by atoms with E-state index in [1.165, 1.54) is 18.9 Å². The zero-order valence-electron chi connectivity index (χ0n) is 20.3. The van der Waals surface area contributed by atoms with Crippen molar-refractivity contribution >= 4 is 23.7 Å². The summed E-state index contributed by atoms with van der Waals surface area (Å²) in [6, 6.07) is -0.791. The number of hydrogen-bond donors (Lipinski definition) is 3. The number of nitrogens with zero attached hydrogens (tertiary/aromatic N) is 1. The molecule has 0 aromatic rings. The molecule has 0 spiro atoms. The molecule has 0 saturated heterocycles. The maximum absolute atomic E-state index is 12.0. The van der Waals surface area contributed by atoms with Gasteiger partial charge in [-0.2, -0.15) is 0 Å². The molecular formula is C21H39N3O10. The minimum atomic E-state index is -0.791. The molecule has 13 heteroatoms. The van der Waals surface area contributed by atoms with E-state index in [1.807, 2.05) is 0 Å². The van der Waals surface area contributed by atoms with Gasteiger partial charge in [-0.1, -0.05) is 6.92 Å². The molecule has 0 saturated carbocycles. The minimum absolute atomic E-state index is 0.0420. The van der Waals surface area contributed by atoms with Gasteiger partial charge in [-0.3, -0.25) is 14.4 Å². The van der Waals surface area contributed by atoms with E-state index in [2.05, 4.69) is 15.4 Å². The number of nitrogens with one attached hydrogen (secondary N) is 2. The molecule has 198 valence electrons. The second-order valence-electron chi connectivity index (χ2n) is 6.95. The van der Waals surface area contributed by atoms with E-state index in [0.717, 1.165) is 0 Å². The normalized spacial score (nSPS) is 11.5. The zero-order chi connectivity index (χ0) is 25.6. The molecule has 3 N–H and O–H groups in total. The second-order valence-corrected chi connectivity index (χ2v) is 6.95. The van der Waals surface area contributed by atoms with Crippen LogP contribution in [-0.4, -0.2) is 120 Å². The highest BCUT2D eigenvalue weighted by atomic mass is 16.6. The fourth-order valence-corrected chi connectivity index (χ4v) is 2.28. The molecule has 0 aliphatic carbocycles. The first-order chi connectivity index (χ1) is 16.3. The summed E-state index contributed by atoms with van der Waals surface area (Å²) in [5.41, 5.74) is 0. The molecule has 1 atom stereocenters. The predicted molar refractivity (Wildman–Crippen MR) is 120 cm³/mol. The van der Waals surface area contributed by atoms with Crippen molar-refractivity contribution in [3.8, 4) is 0 Å². The van der Waals surface area contributed by atoms with Crippen LogP contribution >= 0.6 is 0 Å². The Morgan fingerprint density at radius 2 is 1.35 bits per heavy atom. The topological polar surface area (TPSA) is 162 Å². The average Bonchev–Trinajstić information content (AvgIpc) is 2.83. The van der Waals surface area contributed by atoms with Gasteiger partial charge in [-0.15, -0.1) is 0 Å². The number of amides is 3. The van der Waals surface area contributed by atoms with Crippen molar-refractivity contribution in [1.82, 2.24) is 15.5 Å². The molecule has 3 amide bonds. The van der Waals surface area contributed by atoms with E-state index in [4.69, 9.17) is 24.1 Å². The lowest BCUT2D eigenvalue weighted by atomic mass is 10.2. The van der Waals surface area contributed by atoms with Crippen LogP contribution in [0.4, 0.5) is 0 Å². The quantitative estimate of drug-likeness (QED) is 0.0967. The molecule has 0 rings (SSSR count). The van der Waals surface area contributed by atoms with E-state index in [0.29, 0.717) is 59.2 Å². The van der Waals surface area contributed by atoms with Crippen LogP contribution in [0.25, 0.3) is 0 Å². The van der Waals surface area contributed by atoms with E-state index in [-0.39, 0.29) is 37.3 Å². The number of hydrogen-bond acceptors (Lipinski definition) is 10. The summed E-state index contributed by atoms with van der Waals surface area (Å²) >= 11 is 0. The van der Waals surface area contributed by atoms with Gasteiger partial charge in [0, 0.05) is 20.0 Å². The molecule has 0 bridgehead atoms. The maximum atomic E-state index is 12.0. The molecule has 0 aliphatic heterocycles. The van der Waals surface area contributed by atoms with Crippen molar-refractivity contribution in [2.45, 2.75) is 32.7 Å². The number of carbonyl (C=O) groups excluding carboxylic acids is 4. The average molecular weight is 494 g/mol. The lowest BCUT2D eigenvalue weighted by molar-refractivity contribution is -0.160. The van der Waals surface area contributed by atoms with Crippen molar-refractivity contribution in [2.75, 3.05) is 79.8 Å². The van der Waals surface area contributed by atoms with Crippen molar-refractivity contribution in [1.29, 1.82) is 0 Å². The summed E-state index contributed by atoms with van der Waals surface area (Å²) in [6.07, 6.45) is 0.444. The fourth-order valence-electron chi connectivity index (χ4n) is 2.28. The number of carbonyl (C=O) groups is 4. The van der Waals surface area contributed by atoms with Gasteiger partial charge in [-0.05, 0) is 6.92 Å². The Morgan fingerprint density at radius 3 is 1.88 bits per heavy atom. The molecule has 34 heavy (non-hydrogen) atoms. The zero-order valence-corrected chi connectivity index (χ0v) is 20.3. The predicted octanol–water partition coefficient (Wildman–Crippen LogP) is -1.57. The number of aliphatic hydroxyl groups excluding tert-OH is 1. The Labute approximate surface area is 200 Å². The molecular weight excluding hydrogens is 454 g/mol. The van der Waals surface area contributed by atoms with Crippen molar-refractivity contribution in [3.05, 3.63) is 0 Å². The summed E-state index contributed by atoms with van der Waals surface area (Å²) in [5.74, 6) is -1.40. The number of likely N-dealkylation sites (N-methyl/N-ethyl adjacent to an activating group) is 1. The number of aliphatic hydroxyl groups is 1. The number of rotatable bonds is 21. The molecule has 0 radical (unpaired) electrons. The fraction of sp³-hybridized carbons (Fsp3) is 0.810. The SMILES string of the molecule is CCC(=O)NCC(=O)NCCOCCOCCOCCOCCC(=O)N(C)C(C)C(=O)OCO. The van der Waals surface area contributed by atoms with Crippen LogP contribution in [0.5, 0.6) is 0 Å². The van der Waals surface area contributed by atoms with Crippen LogP contribution in [0, 0.1) is 0 Å². The Hall–Kier alpha value is -2.32. The summed E-state index contributed by atoms with van der Waals surface area (Å²) < 4.78 is 25.8. The second kappa shape index (κ2) is 21.2. The largest absolute Gasteiger partial charge is 0.437 e. The third-order valence-electron chi connectivity index (χ3n) is 4.43. The van der Waals surface area contributed by atoms with Gasteiger partial charge in [0.1, 0.15) is 6.04 Å². The summed E-state index contributed by atoms with van der Waals surface area (Å²) in [5, 5.41) is 13.7. The highest BCUT2D eigenvalue weighted by Gasteiger charge is 2.23. The maximum Gasteiger partial charge on any atom is 0.330 e. The van der Waals surface area contributed by atoms with E-state index >= 15 is 0 Å². The van der Waals surface area contributed by atoms with Crippen LogP contribution in [-0.2, 0) is 42.9 Å². The Kier molecular flexibility index (Phi) is 19.8. The standard InChI is InChI=1S/C21H39N3O10/c1-4-18(26)23-15-19(27)22-6-8-31-10-12-33-14-13-32-11-9-30-7-5-20(28)24(3)17(2)21(29)34-16-25/h17,25H,4-16H2,1-3H3,(H,22,27)(H,23,26). The molecule has 13 nitrogen and oxygen atoms in total. The van der Waals surface area contributed by atoms with Gasteiger partial charge in [-0.25, -0.2) is 4.79 Å². The van der Waals surface area contributed by atoms with Gasteiger partial charge in [0.2, 0.25) is 17.7 Å². The highest BCUT2D eigenvalue weighted by Crippen LogP contribution is 2.02.